The highest BCUT2D eigenvalue weighted by atomic mass is 19.1. The van der Waals surface area contributed by atoms with E-state index in [1.54, 1.807) is 16.8 Å². The number of likely N-dealkylation sites (tertiary alicyclic amines) is 1. The minimum Gasteiger partial charge on any atom is -0.460 e. The van der Waals surface area contributed by atoms with Crippen molar-refractivity contribution < 1.29 is 13.6 Å². The Morgan fingerprint density at radius 2 is 1.96 bits per heavy atom. The number of Topliss-reactive ketones (excluding diaryl/α,β-unsaturated/α-hetero) is 1. The molecule has 0 bridgehead atoms. The SMILES string of the molecule is Cc1ccc(-c2nn(C)cc2CN2CC(C(=O)c3ccc(F)cc3)C2)o1. The monoisotopic (exact) mass is 353 g/mol. The fourth-order valence-electron chi connectivity index (χ4n) is 3.38. The van der Waals surface area contributed by atoms with Gasteiger partial charge >= 0.3 is 0 Å². The van der Waals surface area contributed by atoms with Crippen molar-refractivity contribution in [3.05, 3.63) is 65.3 Å². The van der Waals surface area contributed by atoms with E-state index in [4.69, 9.17) is 4.42 Å². The number of ketones is 1. The maximum absolute atomic E-state index is 13.0. The molecule has 26 heavy (non-hydrogen) atoms. The molecule has 0 atom stereocenters. The average Bonchev–Trinajstić information content (AvgIpc) is 3.16. The molecule has 0 aliphatic carbocycles. The predicted octanol–water partition coefficient (Wildman–Crippen LogP) is 3.44. The summed E-state index contributed by atoms with van der Waals surface area (Å²) in [5.74, 6) is 1.33. The summed E-state index contributed by atoms with van der Waals surface area (Å²) in [4.78, 5) is 14.7. The third-order valence-corrected chi connectivity index (χ3v) is 4.73. The van der Waals surface area contributed by atoms with E-state index in [-0.39, 0.29) is 17.5 Å². The summed E-state index contributed by atoms with van der Waals surface area (Å²) in [5.41, 5.74) is 2.49. The van der Waals surface area contributed by atoms with Crippen molar-refractivity contribution in [2.45, 2.75) is 13.5 Å². The third kappa shape index (κ3) is 3.20. The maximum Gasteiger partial charge on any atom is 0.168 e. The van der Waals surface area contributed by atoms with Crippen LogP contribution in [0.1, 0.15) is 21.7 Å². The van der Waals surface area contributed by atoms with E-state index in [0.29, 0.717) is 18.7 Å². The van der Waals surface area contributed by atoms with Crippen LogP contribution >= 0.6 is 0 Å². The zero-order valence-corrected chi connectivity index (χ0v) is 14.8. The van der Waals surface area contributed by atoms with Gasteiger partial charge in [0.1, 0.15) is 17.3 Å². The van der Waals surface area contributed by atoms with Gasteiger partial charge in [0.15, 0.2) is 11.5 Å². The molecular weight excluding hydrogens is 333 g/mol. The van der Waals surface area contributed by atoms with Gasteiger partial charge in [-0.2, -0.15) is 5.10 Å². The Morgan fingerprint density at radius 3 is 2.62 bits per heavy atom. The van der Waals surface area contributed by atoms with Gasteiger partial charge in [0.05, 0.1) is 0 Å². The van der Waals surface area contributed by atoms with Gasteiger partial charge in [0.25, 0.3) is 0 Å². The van der Waals surface area contributed by atoms with Crippen LogP contribution in [0.3, 0.4) is 0 Å². The number of aryl methyl sites for hydroxylation is 2. The van der Waals surface area contributed by atoms with Crippen LogP contribution in [0.15, 0.2) is 47.0 Å². The van der Waals surface area contributed by atoms with Crippen LogP contribution in [0.2, 0.25) is 0 Å². The number of hydrogen-bond donors (Lipinski definition) is 0. The molecule has 1 fully saturated rings. The molecule has 0 saturated carbocycles. The molecule has 0 spiro atoms. The van der Waals surface area contributed by atoms with Gasteiger partial charge in [-0.15, -0.1) is 0 Å². The Hall–Kier alpha value is -2.73. The van der Waals surface area contributed by atoms with E-state index in [2.05, 4.69) is 10.00 Å². The molecule has 3 aromatic rings. The second kappa shape index (κ2) is 6.53. The highest BCUT2D eigenvalue weighted by Gasteiger charge is 2.33. The third-order valence-electron chi connectivity index (χ3n) is 4.73. The lowest BCUT2D eigenvalue weighted by Crippen LogP contribution is -2.49. The molecular formula is C20H20FN3O2. The number of nitrogens with zero attached hydrogens (tertiary/aromatic N) is 3. The predicted molar refractivity (Wildman–Crippen MR) is 95.1 cm³/mol. The van der Waals surface area contributed by atoms with Crippen molar-refractivity contribution in [1.82, 2.24) is 14.7 Å². The van der Waals surface area contributed by atoms with Crippen molar-refractivity contribution in [3.8, 4) is 11.5 Å². The van der Waals surface area contributed by atoms with E-state index >= 15 is 0 Å². The van der Waals surface area contributed by atoms with Crippen LogP contribution in [0.5, 0.6) is 0 Å². The number of carbonyl (C=O) groups excluding carboxylic acids is 1. The molecule has 0 amide bonds. The summed E-state index contributed by atoms with van der Waals surface area (Å²) in [5, 5.41) is 4.51. The van der Waals surface area contributed by atoms with Crippen LogP contribution in [-0.4, -0.2) is 33.6 Å². The summed E-state index contributed by atoms with van der Waals surface area (Å²) < 4.78 is 20.5. The van der Waals surface area contributed by atoms with Gasteiger partial charge in [-0.1, -0.05) is 0 Å². The zero-order chi connectivity index (χ0) is 18.3. The van der Waals surface area contributed by atoms with Gasteiger partial charge in [-0.3, -0.25) is 14.4 Å². The Kier molecular flexibility index (Phi) is 4.20. The lowest BCUT2D eigenvalue weighted by molar-refractivity contribution is 0.0596. The van der Waals surface area contributed by atoms with Crippen molar-refractivity contribution >= 4 is 5.78 Å². The van der Waals surface area contributed by atoms with Crippen LogP contribution < -0.4 is 0 Å². The highest BCUT2D eigenvalue weighted by Crippen LogP contribution is 2.28. The molecule has 2 aromatic heterocycles. The normalized spacial score (nSPS) is 15.2. The molecule has 1 aliphatic rings. The Labute approximate surface area is 151 Å². The fraction of sp³-hybridized carbons (Fsp3) is 0.300. The lowest BCUT2D eigenvalue weighted by atomic mass is 9.90. The summed E-state index contributed by atoms with van der Waals surface area (Å²) in [6, 6.07) is 9.62. The average molecular weight is 353 g/mol. The first-order valence-corrected chi connectivity index (χ1v) is 8.61. The molecule has 5 nitrogen and oxygen atoms in total. The number of carbonyl (C=O) groups is 1. The van der Waals surface area contributed by atoms with E-state index in [1.807, 2.05) is 32.3 Å². The smallest absolute Gasteiger partial charge is 0.168 e. The summed E-state index contributed by atoms with van der Waals surface area (Å²) in [7, 11) is 1.89. The molecule has 134 valence electrons. The van der Waals surface area contributed by atoms with E-state index in [1.165, 1.54) is 12.1 Å². The number of aromatic nitrogens is 2. The number of hydrogen-bond acceptors (Lipinski definition) is 4. The lowest BCUT2D eigenvalue weighted by Gasteiger charge is -2.38. The van der Waals surface area contributed by atoms with Crippen molar-refractivity contribution in [2.75, 3.05) is 13.1 Å². The van der Waals surface area contributed by atoms with Crippen molar-refractivity contribution in [2.24, 2.45) is 13.0 Å². The Balaban J connectivity index is 1.41. The van der Waals surface area contributed by atoms with Gasteiger partial charge in [0.2, 0.25) is 0 Å². The van der Waals surface area contributed by atoms with Crippen LogP contribution in [0.25, 0.3) is 11.5 Å². The van der Waals surface area contributed by atoms with Crippen LogP contribution in [-0.2, 0) is 13.6 Å². The molecule has 1 saturated heterocycles. The molecule has 1 aliphatic heterocycles. The largest absolute Gasteiger partial charge is 0.460 e. The van der Waals surface area contributed by atoms with Crippen molar-refractivity contribution in [1.29, 1.82) is 0 Å². The molecule has 3 heterocycles. The summed E-state index contributed by atoms with van der Waals surface area (Å²) in [6.07, 6.45) is 1.99. The number of furan rings is 1. The minimum atomic E-state index is -0.325. The molecule has 1 aromatic carbocycles. The van der Waals surface area contributed by atoms with E-state index in [9.17, 15) is 9.18 Å². The number of halogens is 1. The van der Waals surface area contributed by atoms with Crippen molar-refractivity contribution in [3.63, 3.8) is 0 Å². The molecule has 6 heteroatoms. The first kappa shape index (κ1) is 16.7. The zero-order valence-electron chi connectivity index (χ0n) is 14.8. The maximum atomic E-state index is 13.0. The number of benzene rings is 1. The Bertz CT molecular complexity index is 936. The van der Waals surface area contributed by atoms with Crippen LogP contribution in [0.4, 0.5) is 4.39 Å². The second-order valence-electron chi connectivity index (χ2n) is 6.85. The second-order valence-corrected chi connectivity index (χ2v) is 6.85. The molecule has 4 rings (SSSR count). The first-order chi connectivity index (χ1) is 12.5. The standard InChI is InChI=1S/C20H20FN3O2/c1-13-3-8-18(26-13)19-15(9-23(2)22-19)10-24-11-16(12-24)20(25)14-4-6-17(21)7-5-14/h3-9,16H,10-12H2,1-2H3. The number of rotatable bonds is 5. The van der Waals surface area contributed by atoms with Gasteiger partial charge in [-0.25, -0.2) is 4.39 Å². The van der Waals surface area contributed by atoms with Crippen LogP contribution in [0, 0.1) is 18.7 Å². The molecule has 0 radical (unpaired) electrons. The first-order valence-electron chi connectivity index (χ1n) is 8.61. The Morgan fingerprint density at radius 1 is 1.23 bits per heavy atom. The summed E-state index contributed by atoms with van der Waals surface area (Å²) in [6.45, 7) is 4.02. The quantitative estimate of drug-likeness (QED) is 0.660. The minimum absolute atomic E-state index is 0.0357. The summed E-state index contributed by atoms with van der Waals surface area (Å²) >= 11 is 0. The highest BCUT2D eigenvalue weighted by molar-refractivity contribution is 5.98. The van der Waals surface area contributed by atoms with E-state index < -0.39 is 0 Å². The van der Waals surface area contributed by atoms with E-state index in [0.717, 1.165) is 29.3 Å². The van der Waals surface area contributed by atoms with Gasteiger partial charge < -0.3 is 4.42 Å². The van der Waals surface area contributed by atoms with Gasteiger partial charge in [0, 0.05) is 49.9 Å². The topological polar surface area (TPSA) is 51.3 Å². The molecule has 0 N–H and O–H groups in total. The molecule has 0 unspecified atom stereocenters. The fourth-order valence-corrected chi connectivity index (χ4v) is 3.38. The van der Waals surface area contributed by atoms with Gasteiger partial charge in [-0.05, 0) is 43.3 Å².